The number of anilines is 1. The van der Waals surface area contributed by atoms with E-state index in [1.807, 2.05) is 65.6 Å². The maximum atomic E-state index is 14.0. The highest BCUT2D eigenvalue weighted by atomic mass is 16.5. The molecule has 0 bridgehead atoms. The standard InChI is InChI=1S/C46H45N7O8/c1-59-45(57)50-39(28-12-5-3-6-13-28)43(55)52-22-10-18-36(52)35-25-30-20-21-32(26-34(30)49-35)42-47-27-38(61-42)31-16-9-17-33(24-31)48-41(54)37-19-11-23-53(37)44(56)40(51-46(58)60-2)29-14-7-4-8-15-29/h3-9,12-17,20-21,24,26-27,36-37,39-40H,10-11,18-19,22-23,25H2,1-2H3,(H,48,54)(H,50,57)(H,51,58)/t36-,37-,39+,40+/m0/s1. The van der Waals surface area contributed by atoms with Crippen LogP contribution in [0.5, 0.6) is 0 Å². The topological polar surface area (TPSA) is 185 Å². The van der Waals surface area contributed by atoms with Gasteiger partial charge in [0.15, 0.2) is 5.76 Å². The van der Waals surface area contributed by atoms with Crippen LogP contribution in [0.3, 0.4) is 0 Å². The zero-order chi connectivity index (χ0) is 42.5. The SMILES string of the molecule is COC(=O)N[C@@H](C(=O)N1CCC[C@H]1C(=O)Nc1cccc(-c2cnc(-c3ccc4c(c3)N=C([C@@H]3CCCN3C(=O)[C@H](NC(=O)OC)c3ccccc3)C4)o2)c1)c1ccccc1. The average molecular weight is 824 g/mol. The molecule has 1 aromatic heterocycles. The fourth-order valence-electron chi connectivity index (χ4n) is 8.28. The molecular formula is C46H45N7O8. The Morgan fingerprint density at radius 1 is 0.721 bits per heavy atom. The van der Waals surface area contributed by atoms with Gasteiger partial charge >= 0.3 is 12.2 Å². The van der Waals surface area contributed by atoms with Gasteiger partial charge in [0.1, 0.15) is 18.1 Å². The highest BCUT2D eigenvalue weighted by Gasteiger charge is 2.40. The number of amides is 5. The highest BCUT2D eigenvalue weighted by molar-refractivity contribution is 6.02. The van der Waals surface area contributed by atoms with Crippen LogP contribution in [0.25, 0.3) is 22.8 Å². The van der Waals surface area contributed by atoms with E-state index in [0.29, 0.717) is 66.4 Å². The summed E-state index contributed by atoms with van der Waals surface area (Å²) in [7, 11) is 2.50. The molecule has 5 amide bonds. The molecule has 4 atom stereocenters. The molecule has 0 radical (unpaired) electrons. The van der Waals surface area contributed by atoms with Crippen molar-refractivity contribution in [3.63, 3.8) is 0 Å². The third-order valence-corrected chi connectivity index (χ3v) is 11.3. The summed E-state index contributed by atoms with van der Waals surface area (Å²) in [6.45, 7) is 0.910. The van der Waals surface area contributed by atoms with E-state index in [4.69, 9.17) is 18.9 Å². The number of alkyl carbamates (subject to hydrolysis) is 2. The second kappa shape index (κ2) is 17.9. The van der Waals surface area contributed by atoms with Crippen LogP contribution in [0, 0.1) is 0 Å². The summed E-state index contributed by atoms with van der Waals surface area (Å²) in [6, 6.07) is 28.2. The van der Waals surface area contributed by atoms with E-state index >= 15 is 0 Å². The van der Waals surface area contributed by atoms with Crippen molar-refractivity contribution in [2.45, 2.75) is 56.3 Å². The van der Waals surface area contributed by atoms with Gasteiger partial charge in [-0.15, -0.1) is 0 Å². The third kappa shape index (κ3) is 8.72. The van der Waals surface area contributed by atoms with Gasteiger partial charge < -0.3 is 39.6 Å². The molecule has 3 aliphatic rings. The van der Waals surface area contributed by atoms with Crippen molar-refractivity contribution >= 4 is 47.0 Å². The van der Waals surface area contributed by atoms with Crippen LogP contribution in [-0.2, 0) is 30.3 Å². The Bertz CT molecular complexity index is 2470. The van der Waals surface area contributed by atoms with Crippen LogP contribution in [0.2, 0.25) is 0 Å². The maximum Gasteiger partial charge on any atom is 0.407 e. The molecule has 3 aliphatic heterocycles. The molecule has 2 saturated heterocycles. The van der Waals surface area contributed by atoms with Crippen molar-refractivity contribution in [1.82, 2.24) is 25.4 Å². The smallest absolute Gasteiger partial charge is 0.407 e. The Hall–Kier alpha value is -7.29. The summed E-state index contributed by atoms with van der Waals surface area (Å²) >= 11 is 0. The average Bonchev–Trinajstić information content (AvgIpc) is 4.14. The van der Waals surface area contributed by atoms with Crippen molar-refractivity contribution in [1.29, 1.82) is 0 Å². The van der Waals surface area contributed by atoms with E-state index in [2.05, 4.69) is 20.9 Å². The molecule has 0 saturated carbocycles. The van der Waals surface area contributed by atoms with Gasteiger partial charge in [-0.2, -0.15) is 0 Å². The normalized spacial score (nSPS) is 17.8. The lowest BCUT2D eigenvalue weighted by atomic mass is 10.0. The Labute approximate surface area is 352 Å². The number of hydrogen-bond acceptors (Lipinski definition) is 10. The molecule has 2 fully saturated rings. The van der Waals surface area contributed by atoms with Gasteiger partial charge in [-0.3, -0.25) is 19.4 Å². The number of nitrogens with zero attached hydrogens (tertiary/aromatic N) is 4. The van der Waals surface area contributed by atoms with E-state index in [-0.39, 0.29) is 17.9 Å². The molecule has 0 aliphatic carbocycles. The Morgan fingerprint density at radius 2 is 1.36 bits per heavy atom. The number of carbonyl (C=O) groups excluding carboxylic acids is 5. The molecule has 8 rings (SSSR count). The van der Waals surface area contributed by atoms with Crippen molar-refractivity contribution in [3.8, 4) is 22.8 Å². The summed E-state index contributed by atoms with van der Waals surface area (Å²) in [4.78, 5) is 78.9. The Kier molecular flexibility index (Phi) is 11.9. The quantitative estimate of drug-likeness (QED) is 0.130. The monoisotopic (exact) mass is 823 g/mol. The predicted octanol–water partition coefficient (Wildman–Crippen LogP) is 6.75. The Morgan fingerprint density at radius 3 is 2.03 bits per heavy atom. The van der Waals surface area contributed by atoms with Gasteiger partial charge in [0.25, 0.3) is 5.91 Å². The summed E-state index contributed by atoms with van der Waals surface area (Å²) in [6.07, 6.45) is 3.45. The Balaban J connectivity index is 0.946. The number of hydrogen-bond donors (Lipinski definition) is 3. The first-order valence-electron chi connectivity index (χ1n) is 20.2. The van der Waals surface area contributed by atoms with Gasteiger partial charge in [-0.05, 0) is 66.6 Å². The number of benzene rings is 4. The molecule has 0 unspecified atom stereocenters. The fourth-order valence-corrected chi connectivity index (χ4v) is 8.28. The lowest BCUT2D eigenvalue weighted by Gasteiger charge is -2.29. The fraction of sp³-hybridized carbons (Fsp3) is 0.283. The van der Waals surface area contributed by atoms with E-state index in [0.717, 1.165) is 35.4 Å². The number of aromatic nitrogens is 1. The zero-order valence-electron chi connectivity index (χ0n) is 33.7. The lowest BCUT2D eigenvalue weighted by molar-refractivity contribution is -0.138. The van der Waals surface area contributed by atoms with Crippen LogP contribution >= 0.6 is 0 Å². The first-order valence-corrected chi connectivity index (χ1v) is 20.2. The summed E-state index contributed by atoms with van der Waals surface area (Å²) in [5.41, 5.74) is 5.86. The maximum absolute atomic E-state index is 14.0. The number of fused-ring (bicyclic) bond motifs is 1. The number of carbonyl (C=O) groups is 5. The molecular weight excluding hydrogens is 779 g/mol. The van der Waals surface area contributed by atoms with E-state index in [1.165, 1.54) is 19.1 Å². The largest absolute Gasteiger partial charge is 0.453 e. The van der Waals surface area contributed by atoms with Crippen LogP contribution in [0.4, 0.5) is 21.0 Å². The third-order valence-electron chi connectivity index (χ3n) is 11.3. The number of likely N-dealkylation sites (tertiary alicyclic amines) is 2. The van der Waals surface area contributed by atoms with Crippen LogP contribution in [0.1, 0.15) is 54.5 Å². The minimum Gasteiger partial charge on any atom is -0.453 e. The van der Waals surface area contributed by atoms with E-state index < -0.39 is 36.2 Å². The first kappa shape index (κ1) is 40.5. The number of nitrogens with one attached hydrogen (secondary N) is 3. The number of rotatable bonds is 11. The predicted molar refractivity (Wildman–Crippen MR) is 226 cm³/mol. The van der Waals surface area contributed by atoms with Crippen molar-refractivity contribution in [2.24, 2.45) is 4.99 Å². The molecule has 0 spiro atoms. The van der Waals surface area contributed by atoms with Gasteiger partial charge in [0, 0.05) is 42.0 Å². The van der Waals surface area contributed by atoms with E-state index in [1.54, 1.807) is 48.7 Å². The van der Waals surface area contributed by atoms with Gasteiger partial charge in [-0.25, -0.2) is 14.6 Å². The highest BCUT2D eigenvalue weighted by Crippen LogP contribution is 2.37. The molecule has 4 aromatic carbocycles. The van der Waals surface area contributed by atoms with Crippen molar-refractivity contribution in [2.75, 3.05) is 32.6 Å². The van der Waals surface area contributed by atoms with Crippen molar-refractivity contribution in [3.05, 3.63) is 126 Å². The van der Waals surface area contributed by atoms with Gasteiger partial charge in [0.2, 0.25) is 17.7 Å². The zero-order valence-corrected chi connectivity index (χ0v) is 33.7. The first-order chi connectivity index (χ1) is 29.7. The molecule has 15 heteroatoms. The molecule has 4 heterocycles. The van der Waals surface area contributed by atoms with Crippen LogP contribution in [0.15, 0.2) is 119 Å². The summed E-state index contributed by atoms with van der Waals surface area (Å²) < 4.78 is 15.9. The van der Waals surface area contributed by atoms with Crippen molar-refractivity contribution < 1.29 is 37.9 Å². The van der Waals surface area contributed by atoms with Crippen LogP contribution < -0.4 is 16.0 Å². The summed E-state index contributed by atoms with van der Waals surface area (Å²) in [5.74, 6) is -0.0816. The lowest BCUT2D eigenvalue weighted by Crippen LogP contribution is -2.48. The molecule has 61 heavy (non-hydrogen) atoms. The minimum absolute atomic E-state index is 0.216. The number of aliphatic imine (C=N–C) groups is 1. The molecule has 312 valence electrons. The number of ether oxygens (including phenoxy) is 2. The summed E-state index contributed by atoms with van der Waals surface area (Å²) in [5, 5.41) is 8.30. The molecule has 5 aromatic rings. The second-order valence-electron chi connectivity index (χ2n) is 15.1. The van der Waals surface area contributed by atoms with E-state index in [9.17, 15) is 24.0 Å². The van der Waals surface area contributed by atoms with Gasteiger partial charge in [-0.1, -0.05) is 78.9 Å². The van der Waals surface area contributed by atoms with Gasteiger partial charge in [0.05, 0.1) is 32.1 Å². The van der Waals surface area contributed by atoms with Crippen LogP contribution in [-0.4, -0.2) is 89.8 Å². The number of oxazole rings is 1. The molecule has 15 nitrogen and oxygen atoms in total. The minimum atomic E-state index is -1.02. The molecule has 3 N–H and O–H groups in total. The number of methoxy groups -OCH3 is 2. The second-order valence-corrected chi connectivity index (χ2v) is 15.1.